The van der Waals surface area contributed by atoms with Gasteiger partial charge in [-0.15, -0.1) is 12.4 Å². The second-order valence-electron chi connectivity index (χ2n) is 5.92. The molecule has 0 radical (unpaired) electrons. The van der Waals surface area contributed by atoms with Gasteiger partial charge in [0.2, 0.25) is 5.91 Å². The van der Waals surface area contributed by atoms with Crippen molar-refractivity contribution < 1.29 is 9.18 Å². The average Bonchev–Trinajstić information content (AvgIpc) is 2.88. The first-order valence-electron chi connectivity index (χ1n) is 7.31. The Balaban J connectivity index is 0.00000220. The Hall–Kier alpha value is -1.13. The van der Waals surface area contributed by atoms with E-state index in [1.165, 1.54) is 12.1 Å². The maximum absolute atomic E-state index is 13.1. The van der Waals surface area contributed by atoms with Crippen LogP contribution in [0.5, 0.6) is 0 Å². The Morgan fingerprint density at radius 1 is 1.43 bits per heavy atom. The molecule has 1 saturated carbocycles. The van der Waals surface area contributed by atoms with Gasteiger partial charge in [0.15, 0.2) is 0 Å². The number of hydrogen-bond donors (Lipinski definition) is 2. The van der Waals surface area contributed by atoms with Crippen molar-refractivity contribution in [3.63, 3.8) is 0 Å². The molecule has 0 aromatic heterocycles. The largest absolute Gasteiger partial charge is 0.349 e. The van der Waals surface area contributed by atoms with Crippen LogP contribution in [-0.2, 0) is 11.2 Å². The number of amides is 1. The topological polar surface area (TPSA) is 55.1 Å². The van der Waals surface area contributed by atoms with Gasteiger partial charge in [0.1, 0.15) is 5.82 Å². The molecule has 0 bridgehead atoms. The zero-order valence-electron chi connectivity index (χ0n) is 12.4. The van der Waals surface area contributed by atoms with Gasteiger partial charge in [-0.05, 0) is 37.0 Å². The molecule has 0 aliphatic heterocycles. The van der Waals surface area contributed by atoms with E-state index >= 15 is 0 Å². The third-order valence-corrected chi connectivity index (χ3v) is 4.22. The minimum absolute atomic E-state index is 0. The monoisotopic (exact) mass is 314 g/mol. The van der Waals surface area contributed by atoms with Crippen molar-refractivity contribution in [3.05, 3.63) is 35.6 Å². The van der Waals surface area contributed by atoms with Gasteiger partial charge < -0.3 is 11.1 Å². The Morgan fingerprint density at radius 3 is 2.67 bits per heavy atom. The molecule has 2 rings (SSSR count). The van der Waals surface area contributed by atoms with Crippen molar-refractivity contribution in [1.29, 1.82) is 0 Å². The highest BCUT2D eigenvalue weighted by molar-refractivity contribution is 5.85. The molecule has 1 aliphatic carbocycles. The molecule has 1 aromatic rings. The lowest BCUT2D eigenvalue weighted by molar-refractivity contribution is -0.126. The lowest BCUT2D eigenvalue weighted by Gasteiger charge is -2.30. The second-order valence-corrected chi connectivity index (χ2v) is 5.92. The standard InChI is InChI=1S/C16H23FN2O.ClH/c1-12(9-13-5-4-6-14(17)10-13)15(20)19-16(11-18)7-2-3-8-16;/h4-6,10,12H,2-3,7-9,11,18H2,1H3,(H,19,20);1H. The Morgan fingerprint density at radius 2 is 2.10 bits per heavy atom. The maximum atomic E-state index is 13.1. The van der Waals surface area contributed by atoms with E-state index in [2.05, 4.69) is 5.32 Å². The number of carbonyl (C=O) groups is 1. The van der Waals surface area contributed by atoms with Gasteiger partial charge in [0, 0.05) is 12.5 Å². The van der Waals surface area contributed by atoms with E-state index in [0.717, 1.165) is 31.2 Å². The van der Waals surface area contributed by atoms with Crippen LogP contribution in [0.4, 0.5) is 4.39 Å². The molecule has 118 valence electrons. The van der Waals surface area contributed by atoms with E-state index in [4.69, 9.17) is 5.73 Å². The minimum atomic E-state index is -0.260. The van der Waals surface area contributed by atoms with Gasteiger partial charge in [-0.1, -0.05) is 31.9 Å². The molecule has 3 nitrogen and oxygen atoms in total. The summed E-state index contributed by atoms with van der Waals surface area (Å²) in [6.45, 7) is 2.37. The third kappa shape index (κ3) is 4.68. The second kappa shape index (κ2) is 7.76. The van der Waals surface area contributed by atoms with Crippen molar-refractivity contribution in [3.8, 4) is 0 Å². The number of hydrogen-bond acceptors (Lipinski definition) is 2. The van der Waals surface area contributed by atoms with Gasteiger partial charge in [-0.25, -0.2) is 4.39 Å². The van der Waals surface area contributed by atoms with Crippen LogP contribution in [0.25, 0.3) is 0 Å². The van der Waals surface area contributed by atoms with Gasteiger partial charge in [0.05, 0.1) is 5.54 Å². The highest BCUT2D eigenvalue weighted by Gasteiger charge is 2.34. The van der Waals surface area contributed by atoms with Crippen LogP contribution < -0.4 is 11.1 Å². The number of benzene rings is 1. The molecule has 1 amide bonds. The van der Waals surface area contributed by atoms with Crippen molar-refractivity contribution >= 4 is 18.3 Å². The molecular formula is C16H24ClFN2O. The SMILES string of the molecule is CC(Cc1cccc(F)c1)C(=O)NC1(CN)CCCC1.Cl. The molecule has 21 heavy (non-hydrogen) atoms. The molecule has 0 heterocycles. The summed E-state index contributed by atoms with van der Waals surface area (Å²) in [6.07, 6.45) is 4.71. The first-order chi connectivity index (χ1) is 9.54. The van der Waals surface area contributed by atoms with E-state index in [-0.39, 0.29) is 35.6 Å². The molecule has 0 spiro atoms. The predicted molar refractivity (Wildman–Crippen MR) is 84.9 cm³/mol. The summed E-state index contributed by atoms with van der Waals surface area (Å²) >= 11 is 0. The summed E-state index contributed by atoms with van der Waals surface area (Å²) in [6, 6.07) is 6.42. The number of rotatable bonds is 5. The van der Waals surface area contributed by atoms with Gasteiger partial charge in [-0.3, -0.25) is 4.79 Å². The molecule has 1 atom stereocenters. The summed E-state index contributed by atoms with van der Waals surface area (Å²) < 4.78 is 13.1. The van der Waals surface area contributed by atoms with E-state index in [0.29, 0.717) is 13.0 Å². The summed E-state index contributed by atoms with van der Waals surface area (Å²) in [7, 11) is 0. The fourth-order valence-electron chi connectivity index (χ4n) is 2.93. The summed E-state index contributed by atoms with van der Waals surface area (Å²) in [5.41, 5.74) is 6.46. The molecule has 5 heteroatoms. The van der Waals surface area contributed by atoms with E-state index in [9.17, 15) is 9.18 Å². The Kier molecular flexibility index (Phi) is 6.62. The van der Waals surface area contributed by atoms with Crippen molar-refractivity contribution in [2.24, 2.45) is 11.7 Å². The minimum Gasteiger partial charge on any atom is -0.349 e. The molecule has 1 aromatic carbocycles. The average molecular weight is 315 g/mol. The summed E-state index contributed by atoms with van der Waals surface area (Å²) in [4.78, 5) is 12.3. The van der Waals surface area contributed by atoms with Crippen molar-refractivity contribution in [1.82, 2.24) is 5.32 Å². The van der Waals surface area contributed by atoms with Crippen LogP contribution in [0.15, 0.2) is 24.3 Å². The lowest BCUT2D eigenvalue weighted by Crippen LogP contribution is -2.53. The lowest BCUT2D eigenvalue weighted by atomic mass is 9.94. The van der Waals surface area contributed by atoms with Crippen molar-refractivity contribution in [2.75, 3.05) is 6.54 Å². The summed E-state index contributed by atoms with van der Waals surface area (Å²) in [5, 5.41) is 3.12. The van der Waals surface area contributed by atoms with Gasteiger partial charge >= 0.3 is 0 Å². The predicted octanol–water partition coefficient (Wildman–Crippen LogP) is 2.81. The molecule has 3 N–H and O–H groups in total. The Bertz CT molecular complexity index is 475. The molecule has 1 fully saturated rings. The van der Waals surface area contributed by atoms with E-state index < -0.39 is 0 Å². The number of halogens is 2. The number of nitrogens with two attached hydrogens (primary N) is 1. The van der Waals surface area contributed by atoms with Gasteiger partial charge in [-0.2, -0.15) is 0 Å². The molecule has 0 saturated heterocycles. The van der Waals surface area contributed by atoms with Crippen LogP contribution in [0, 0.1) is 11.7 Å². The van der Waals surface area contributed by atoms with Crippen LogP contribution in [-0.4, -0.2) is 18.0 Å². The fourth-order valence-corrected chi connectivity index (χ4v) is 2.93. The van der Waals surface area contributed by atoms with Crippen LogP contribution >= 0.6 is 12.4 Å². The highest BCUT2D eigenvalue weighted by Crippen LogP contribution is 2.29. The van der Waals surface area contributed by atoms with Crippen molar-refractivity contribution in [2.45, 2.75) is 44.6 Å². The summed E-state index contributed by atoms with van der Waals surface area (Å²) in [5.74, 6) is -0.424. The normalized spacial score (nSPS) is 17.9. The first kappa shape index (κ1) is 17.9. The van der Waals surface area contributed by atoms with Crippen LogP contribution in [0.3, 0.4) is 0 Å². The molecule has 1 aliphatic rings. The molecular weight excluding hydrogens is 291 g/mol. The zero-order valence-corrected chi connectivity index (χ0v) is 13.2. The smallest absolute Gasteiger partial charge is 0.223 e. The number of nitrogens with one attached hydrogen (secondary N) is 1. The fraction of sp³-hybridized carbons (Fsp3) is 0.562. The van der Waals surface area contributed by atoms with Gasteiger partial charge in [0.25, 0.3) is 0 Å². The third-order valence-electron chi connectivity index (χ3n) is 4.22. The molecule has 1 unspecified atom stereocenters. The Labute approximate surface area is 131 Å². The van der Waals surface area contributed by atoms with Crippen LogP contribution in [0.2, 0.25) is 0 Å². The van der Waals surface area contributed by atoms with E-state index in [1.54, 1.807) is 6.07 Å². The zero-order chi connectivity index (χ0) is 14.6. The van der Waals surface area contributed by atoms with Crippen LogP contribution in [0.1, 0.15) is 38.2 Å². The van der Waals surface area contributed by atoms with E-state index in [1.807, 2.05) is 13.0 Å². The first-order valence-corrected chi connectivity index (χ1v) is 7.31. The quantitative estimate of drug-likeness (QED) is 0.878. The highest BCUT2D eigenvalue weighted by atomic mass is 35.5. The number of carbonyl (C=O) groups excluding carboxylic acids is 1. The maximum Gasteiger partial charge on any atom is 0.223 e.